The largest absolute Gasteiger partial charge is 0.507 e. The monoisotopic (exact) mass is 259 g/mol. The number of rotatable bonds is 5. The van der Waals surface area contributed by atoms with Crippen LogP contribution in [0.2, 0.25) is 0 Å². The quantitative estimate of drug-likeness (QED) is 0.773. The van der Waals surface area contributed by atoms with Crippen LogP contribution in [0.1, 0.15) is 37.8 Å². The molecule has 0 heterocycles. The van der Waals surface area contributed by atoms with E-state index in [1.807, 2.05) is 24.3 Å². The van der Waals surface area contributed by atoms with E-state index in [9.17, 15) is 10.2 Å². The molecule has 0 aromatic heterocycles. The van der Waals surface area contributed by atoms with Crippen molar-refractivity contribution in [3.8, 4) is 5.75 Å². The molecule has 102 valence electrons. The first-order valence-electron chi connectivity index (χ1n) is 6.79. The molecule has 0 spiro atoms. The summed E-state index contributed by atoms with van der Waals surface area (Å²) in [4.78, 5) is 0. The van der Waals surface area contributed by atoms with Gasteiger partial charge in [-0.05, 0) is 23.4 Å². The minimum atomic E-state index is -0.548. The van der Waals surface area contributed by atoms with Gasteiger partial charge in [-0.25, -0.2) is 0 Å². The first kappa shape index (κ1) is 13.8. The van der Waals surface area contributed by atoms with E-state index in [4.69, 9.17) is 5.73 Å². The third-order valence-corrected chi connectivity index (χ3v) is 3.56. The number of aliphatic hydroxyl groups excluding tert-OH is 1. The van der Waals surface area contributed by atoms with Crippen LogP contribution in [0.3, 0.4) is 0 Å². The zero-order valence-electron chi connectivity index (χ0n) is 11.2. The van der Waals surface area contributed by atoms with Crippen molar-refractivity contribution in [1.29, 1.82) is 0 Å². The summed E-state index contributed by atoms with van der Waals surface area (Å²) < 4.78 is 0. The van der Waals surface area contributed by atoms with Gasteiger partial charge >= 0.3 is 0 Å². The Kier molecular flexibility index (Phi) is 4.40. The van der Waals surface area contributed by atoms with Crippen LogP contribution in [0.25, 0.3) is 10.8 Å². The first-order valence-corrected chi connectivity index (χ1v) is 6.79. The Bertz CT molecular complexity index is 553. The molecule has 0 amide bonds. The van der Waals surface area contributed by atoms with Gasteiger partial charge in [0, 0.05) is 5.39 Å². The number of aromatic hydroxyl groups is 1. The normalized spacial score (nSPS) is 14.5. The highest BCUT2D eigenvalue weighted by Crippen LogP contribution is 2.31. The molecule has 0 fully saturated rings. The third kappa shape index (κ3) is 2.88. The fraction of sp³-hybridized carbons (Fsp3) is 0.375. The second-order valence-electron chi connectivity index (χ2n) is 4.95. The Labute approximate surface area is 113 Å². The lowest BCUT2D eigenvalue weighted by atomic mass is 9.93. The van der Waals surface area contributed by atoms with Gasteiger partial charge in [-0.2, -0.15) is 0 Å². The molecule has 2 atom stereocenters. The van der Waals surface area contributed by atoms with Crippen molar-refractivity contribution in [3.05, 3.63) is 42.0 Å². The predicted molar refractivity (Wildman–Crippen MR) is 78.1 cm³/mol. The molecule has 0 saturated heterocycles. The molecule has 0 aliphatic carbocycles. The summed E-state index contributed by atoms with van der Waals surface area (Å²) >= 11 is 0. The summed E-state index contributed by atoms with van der Waals surface area (Å²) in [7, 11) is 0. The molecular weight excluding hydrogens is 238 g/mol. The van der Waals surface area contributed by atoms with Crippen molar-refractivity contribution in [3.63, 3.8) is 0 Å². The van der Waals surface area contributed by atoms with Crippen molar-refractivity contribution in [1.82, 2.24) is 0 Å². The van der Waals surface area contributed by atoms with Crippen LogP contribution in [-0.4, -0.2) is 16.3 Å². The van der Waals surface area contributed by atoms with Crippen molar-refractivity contribution < 1.29 is 10.2 Å². The van der Waals surface area contributed by atoms with Crippen molar-refractivity contribution in [2.75, 3.05) is 0 Å². The molecule has 19 heavy (non-hydrogen) atoms. The van der Waals surface area contributed by atoms with Crippen LogP contribution in [0.5, 0.6) is 5.75 Å². The molecule has 0 unspecified atom stereocenters. The van der Waals surface area contributed by atoms with E-state index >= 15 is 0 Å². The average molecular weight is 259 g/mol. The highest BCUT2D eigenvalue weighted by atomic mass is 16.3. The first-order chi connectivity index (χ1) is 9.15. The Morgan fingerprint density at radius 2 is 1.79 bits per heavy atom. The van der Waals surface area contributed by atoms with E-state index in [1.165, 1.54) is 0 Å². The Hall–Kier alpha value is -1.58. The highest BCUT2D eigenvalue weighted by Gasteiger charge is 2.19. The standard InChI is InChI=1S/C16H21NO2/c1-2-3-8-15(19)16(17)13-9-10-14(18)12-7-5-4-6-11(12)13/h4-7,9-10,15-16,18-19H,2-3,8,17H2,1H3/t15-,16+/m0/s1. The topological polar surface area (TPSA) is 66.5 Å². The van der Waals surface area contributed by atoms with Gasteiger partial charge in [0.1, 0.15) is 5.75 Å². The molecule has 3 heteroatoms. The Balaban J connectivity index is 2.37. The predicted octanol–water partition coefficient (Wildman–Crippen LogP) is 3.10. The Morgan fingerprint density at radius 3 is 2.47 bits per heavy atom. The average Bonchev–Trinajstić information content (AvgIpc) is 2.45. The number of aliphatic hydroxyl groups is 1. The number of benzene rings is 2. The zero-order chi connectivity index (χ0) is 13.8. The number of fused-ring (bicyclic) bond motifs is 1. The maximum atomic E-state index is 10.1. The minimum Gasteiger partial charge on any atom is -0.507 e. The van der Waals surface area contributed by atoms with Gasteiger partial charge < -0.3 is 15.9 Å². The molecule has 0 bridgehead atoms. The van der Waals surface area contributed by atoms with Crippen LogP contribution in [0, 0.1) is 0 Å². The van der Waals surface area contributed by atoms with Crippen LogP contribution < -0.4 is 5.73 Å². The summed E-state index contributed by atoms with van der Waals surface area (Å²) in [6, 6.07) is 10.6. The fourth-order valence-corrected chi connectivity index (χ4v) is 2.40. The maximum absolute atomic E-state index is 10.1. The van der Waals surface area contributed by atoms with Gasteiger partial charge in [0.05, 0.1) is 12.1 Å². The minimum absolute atomic E-state index is 0.245. The number of phenolic OH excluding ortho intramolecular Hbond substituents is 1. The third-order valence-electron chi connectivity index (χ3n) is 3.56. The van der Waals surface area contributed by atoms with Gasteiger partial charge in [-0.15, -0.1) is 0 Å². The smallest absolute Gasteiger partial charge is 0.123 e. The summed E-state index contributed by atoms with van der Waals surface area (Å²) in [5.41, 5.74) is 7.05. The lowest BCUT2D eigenvalue weighted by molar-refractivity contribution is 0.133. The Morgan fingerprint density at radius 1 is 1.11 bits per heavy atom. The molecule has 0 saturated carbocycles. The number of hydrogen-bond acceptors (Lipinski definition) is 3. The van der Waals surface area contributed by atoms with E-state index in [0.717, 1.165) is 29.2 Å². The SMILES string of the molecule is CCCC[C@H](O)[C@H](N)c1ccc(O)c2ccccc12. The van der Waals surface area contributed by atoms with Crippen molar-refractivity contribution in [2.45, 2.75) is 38.3 Å². The van der Waals surface area contributed by atoms with Crippen LogP contribution >= 0.6 is 0 Å². The van der Waals surface area contributed by atoms with Crippen molar-refractivity contribution >= 4 is 10.8 Å². The summed E-state index contributed by atoms with van der Waals surface area (Å²) in [5, 5.41) is 21.7. The van der Waals surface area contributed by atoms with Crippen LogP contribution in [0.15, 0.2) is 36.4 Å². The van der Waals surface area contributed by atoms with E-state index in [1.54, 1.807) is 12.1 Å². The molecule has 0 radical (unpaired) electrons. The lowest BCUT2D eigenvalue weighted by Crippen LogP contribution is -2.26. The zero-order valence-corrected chi connectivity index (χ0v) is 11.2. The second kappa shape index (κ2) is 6.04. The summed E-state index contributed by atoms with van der Waals surface area (Å²) in [6.07, 6.45) is 2.16. The molecule has 2 aromatic carbocycles. The molecule has 4 N–H and O–H groups in total. The number of unbranched alkanes of at least 4 members (excludes halogenated alkanes) is 1. The molecular formula is C16H21NO2. The van der Waals surface area contributed by atoms with Gasteiger partial charge in [-0.1, -0.05) is 50.1 Å². The van der Waals surface area contributed by atoms with E-state index in [2.05, 4.69) is 6.92 Å². The van der Waals surface area contributed by atoms with Gasteiger partial charge in [-0.3, -0.25) is 0 Å². The summed E-state index contributed by atoms with van der Waals surface area (Å²) in [5.74, 6) is 0.245. The maximum Gasteiger partial charge on any atom is 0.123 e. The molecule has 2 aromatic rings. The molecule has 2 rings (SSSR count). The van der Waals surface area contributed by atoms with Crippen molar-refractivity contribution in [2.24, 2.45) is 5.73 Å². The highest BCUT2D eigenvalue weighted by molar-refractivity contribution is 5.91. The molecule has 0 aliphatic rings. The summed E-state index contributed by atoms with van der Waals surface area (Å²) in [6.45, 7) is 2.09. The van der Waals surface area contributed by atoms with Gasteiger partial charge in [0.25, 0.3) is 0 Å². The van der Waals surface area contributed by atoms with Gasteiger partial charge in [0.2, 0.25) is 0 Å². The number of hydrogen-bond donors (Lipinski definition) is 3. The van der Waals surface area contributed by atoms with Gasteiger partial charge in [0.15, 0.2) is 0 Å². The van der Waals surface area contributed by atoms with E-state index in [0.29, 0.717) is 6.42 Å². The van der Waals surface area contributed by atoms with Crippen LogP contribution in [0.4, 0.5) is 0 Å². The van der Waals surface area contributed by atoms with E-state index in [-0.39, 0.29) is 5.75 Å². The fourth-order valence-electron chi connectivity index (χ4n) is 2.40. The van der Waals surface area contributed by atoms with Crippen LogP contribution in [-0.2, 0) is 0 Å². The number of phenols is 1. The van der Waals surface area contributed by atoms with E-state index < -0.39 is 12.1 Å². The molecule has 3 nitrogen and oxygen atoms in total. The lowest BCUT2D eigenvalue weighted by Gasteiger charge is -2.21. The molecule has 0 aliphatic heterocycles. The number of nitrogens with two attached hydrogens (primary N) is 1. The second-order valence-corrected chi connectivity index (χ2v) is 4.95.